The molecule has 2 saturated heterocycles. The Morgan fingerprint density at radius 1 is 1.03 bits per heavy atom. The summed E-state index contributed by atoms with van der Waals surface area (Å²) in [6.45, 7) is 0.0901. The average molecular weight is 481 g/mol. The molecule has 35 heavy (non-hydrogen) atoms. The van der Waals surface area contributed by atoms with E-state index in [2.05, 4.69) is 10.5 Å². The molecule has 0 aromatic heterocycles. The van der Waals surface area contributed by atoms with Crippen LogP contribution in [-0.2, 0) is 9.47 Å². The van der Waals surface area contributed by atoms with Crippen molar-refractivity contribution in [1.29, 1.82) is 0 Å². The predicted molar refractivity (Wildman–Crippen MR) is 115 cm³/mol. The number of ether oxygens (including phenoxy) is 2. The number of hydrogen-bond acceptors (Lipinski definition) is 10. The lowest BCUT2D eigenvalue weighted by atomic mass is 10.0. The molecule has 3 atom stereocenters. The van der Waals surface area contributed by atoms with Crippen molar-refractivity contribution in [3.8, 4) is 0 Å². The molecule has 2 bridgehead atoms. The molecule has 0 spiro atoms. The van der Waals surface area contributed by atoms with Gasteiger partial charge in [0.25, 0.3) is 29.1 Å². The Balaban J connectivity index is 1.38. The Morgan fingerprint density at radius 3 is 2.20 bits per heavy atom. The van der Waals surface area contributed by atoms with Crippen molar-refractivity contribution in [1.82, 2.24) is 10.3 Å². The lowest BCUT2D eigenvalue weighted by Gasteiger charge is -2.33. The fourth-order valence-corrected chi connectivity index (χ4v) is 4.23. The van der Waals surface area contributed by atoms with E-state index in [-0.39, 0.29) is 35.4 Å². The number of nitrogens with zero attached hydrogens (tertiary/aromatic N) is 4. The van der Waals surface area contributed by atoms with Crippen LogP contribution in [0.4, 0.5) is 11.4 Å². The van der Waals surface area contributed by atoms with E-state index < -0.39 is 57.4 Å². The molecule has 3 amide bonds. The van der Waals surface area contributed by atoms with Crippen LogP contribution in [0.1, 0.15) is 37.5 Å². The van der Waals surface area contributed by atoms with E-state index in [0.29, 0.717) is 0 Å². The second kappa shape index (κ2) is 8.34. The third kappa shape index (κ3) is 3.79. The summed E-state index contributed by atoms with van der Waals surface area (Å²) in [4.78, 5) is 59.9. The summed E-state index contributed by atoms with van der Waals surface area (Å²) in [5, 5.41) is 26.1. The van der Waals surface area contributed by atoms with Crippen molar-refractivity contribution in [3.05, 3.63) is 79.4 Å². The van der Waals surface area contributed by atoms with Crippen molar-refractivity contribution < 1.29 is 33.7 Å². The number of carbonyl (C=O) groups excluding carboxylic acids is 3. The summed E-state index contributed by atoms with van der Waals surface area (Å²) >= 11 is 0. The SMILES string of the molecule is O=C(N/N=C1\C[C@@H](N2C(=O)c3ccccc3C2=O)[C@H]2CO[C@@H]1O2)c1cc([N+](=O)[O-])cc([N+](=O)[O-])c1. The van der Waals surface area contributed by atoms with E-state index in [9.17, 15) is 34.6 Å². The summed E-state index contributed by atoms with van der Waals surface area (Å²) in [5.41, 5.74) is 1.30. The second-order valence-corrected chi connectivity index (χ2v) is 7.93. The number of hydrazone groups is 1. The Hall–Kier alpha value is -4.56. The molecule has 14 heteroatoms. The molecule has 5 rings (SSSR count). The number of amides is 3. The molecule has 0 unspecified atom stereocenters. The van der Waals surface area contributed by atoms with Gasteiger partial charge >= 0.3 is 0 Å². The van der Waals surface area contributed by atoms with Gasteiger partial charge in [-0.3, -0.25) is 39.5 Å². The topological polar surface area (TPSA) is 184 Å². The summed E-state index contributed by atoms with van der Waals surface area (Å²) in [7, 11) is 0. The van der Waals surface area contributed by atoms with Crippen LogP contribution in [0, 0.1) is 20.2 Å². The molecular formula is C21H15N5O9. The minimum atomic E-state index is -0.943. The standard InChI is InChI=1S/C21H15N5O9/c27-18(10-5-11(25(30)31)7-12(6-10)26(32)33)23-22-15-8-16(17-9-34-21(15)35-17)24-19(28)13-3-1-2-4-14(13)20(24)29/h1-7,16-17,21H,8-9H2,(H,23,27)/b22-15+/t16-,17-,21-/m1/s1. The number of nitrogens with one attached hydrogen (secondary N) is 1. The number of nitro groups is 2. The van der Waals surface area contributed by atoms with E-state index in [0.717, 1.165) is 23.1 Å². The van der Waals surface area contributed by atoms with Crippen LogP contribution < -0.4 is 5.43 Å². The highest BCUT2D eigenvalue weighted by molar-refractivity contribution is 6.21. The number of carbonyl (C=O) groups is 3. The van der Waals surface area contributed by atoms with Gasteiger partial charge in [-0.1, -0.05) is 12.1 Å². The molecule has 2 fully saturated rings. The third-order valence-corrected chi connectivity index (χ3v) is 5.87. The van der Waals surface area contributed by atoms with Crippen LogP contribution in [0.25, 0.3) is 0 Å². The Kier molecular flexibility index (Phi) is 5.30. The van der Waals surface area contributed by atoms with E-state index >= 15 is 0 Å². The van der Waals surface area contributed by atoms with Gasteiger partial charge in [-0.05, 0) is 12.1 Å². The smallest absolute Gasteiger partial charge is 0.277 e. The van der Waals surface area contributed by atoms with Gasteiger partial charge in [0.05, 0.1) is 51.0 Å². The molecule has 0 radical (unpaired) electrons. The lowest BCUT2D eigenvalue weighted by molar-refractivity contribution is -0.394. The summed E-state index contributed by atoms with van der Waals surface area (Å²) < 4.78 is 11.3. The van der Waals surface area contributed by atoms with E-state index in [4.69, 9.17) is 9.47 Å². The van der Waals surface area contributed by atoms with Crippen LogP contribution in [0.5, 0.6) is 0 Å². The average Bonchev–Trinajstić information content (AvgIpc) is 3.38. The highest BCUT2D eigenvalue weighted by Gasteiger charge is 2.50. The summed E-state index contributed by atoms with van der Waals surface area (Å²) in [6, 6.07) is 8.17. The number of benzene rings is 2. The molecule has 2 aromatic rings. The van der Waals surface area contributed by atoms with Crippen LogP contribution in [0.15, 0.2) is 47.6 Å². The van der Waals surface area contributed by atoms with Gasteiger partial charge in [-0.15, -0.1) is 0 Å². The zero-order chi connectivity index (χ0) is 24.9. The minimum Gasteiger partial charge on any atom is -0.344 e. The molecule has 0 saturated carbocycles. The van der Waals surface area contributed by atoms with Gasteiger partial charge in [-0.25, -0.2) is 5.43 Å². The molecule has 178 valence electrons. The van der Waals surface area contributed by atoms with Crippen molar-refractivity contribution >= 4 is 34.8 Å². The fourth-order valence-electron chi connectivity index (χ4n) is 4.23. The summed E-state index contributed by atoms with van der Waals surface area (Å²) in [5.74, 6) is -1.89. The maximum absolute atomic E-state index is 12.9. The van der Waals surface area contributed by atoms with Crippen molar-refractivity contribution in [2.75, 3.05) is 6.61 Å². The maximum atomic E-state index is 12.9. The van der Waals surface area contributed by atoms with Crippen molar-refractivity contribution in [2.45, 2.75) is 24.9 Å². The molecular weight excluding hydrogens is 466 g/mol. The first kappa shape index (κ1) is 22.2. The zero-order valence-corrected chi connectivity index (χ0v) is 17.7. The van der Waals surface area contributed by atoms with Crippen LogP contribution in [0.3, 0.4) is 0 Å². The van der Waals surface area contributed by atoms with Crippen LogP contribution in [0.2, 0.25) is 0 Å². The number of fused-ring (bicyclic) bond motifs is 3. The maximum Gasteiger partial charge on any atom is 0.277 e. The Bertz CT molecular complexity index is 1270. The molecule has 3 aliphatic rings. The number of rotatable bonds is 5. The van der Waals surface area contributed by atoms with Gasteiger partial charge in [0.1, 0.15) is 6.10 Å². The monoisotopic (exact) mass is 481 g/mol. The Labute approximate surface area is 195 Å². The number of hydrogen-bond donors (Lipinski definition) is 1. The van der Waals surface area contributed by atoms with Gasteiger partial charge < -0.3 is 9.47 Å². The first-order chi connectivity index (χ1) is 16.7. The van der Waals surface area contributed by atoms with Gasteiger partial charge in [0.15, 0.2) is 6.29 Å². The fraction of sp³-hybridized carbons (Fsp3) is 0.238. The number of nitro benzene ring substituents is 2. The third-order valence-electron chi connectivity index (χ3n) is 5.87. The first-order valence-electron chi connectivity index (χ1n) is 10.3. The molecule has 1 N–H and O–H groups in total. The highest BCUT2D eigenvalue weighted by Crippen LogP contribution is 2.34. The van der Waals surface area contributed by atoms with Crippen LogP contribution >= 0.6 is 0 Å². The molecule has 3 aliphatic heterocycles. The van der Waals surface area contributed by atoms with Crippen molar-refractivity contribution in [3.63, 3.8) is 0 Å². The van der Waals surface area contributed by atoms with Gasteiger partial charge in [0, 0.05) is 18.6 Å². The second-order valence-electron chi connectivity index (χ2n) is 7.93. The first-order valence-corrected chi connectivity index (χ1v) is 10.3. The molecule has 2 aromatic carbocycles. The normalized spacial score (nSPS) is 23.9. The molecule has 0 aliphatic carbocycles. The van der Waals surface area contributed by atoms with Gasteiger partial charge in [-0.2, -0.15) is 5.10 Å². The molecule has 14 nitrogen and oxygen atoms in total. The zero-order valence-electron chi connectivity index (χ0n) is 17.7. The van der Waals surface area contributed by atoms with E-state index in [1.165, 1.54) is 0 Å². The number of imide groups is 1. The lowest BCUT2D eigenvalue weighted by Crippen LogP contribution is -2.52. The summed E-state index contributed by atoms with van der Waals surface area (Å²) in [6.07, 6.45) is -1.46. The van der Waals surface area contributed by atoms with Crippen LogP contribution in [-0.4, -0.2) is 63.2 Å². The van der Waals surface area contributed by atoms with E-state index in [1.807, 2.05) is 0 Å². The van der Waals surface area contributed by atoms with Gasteiger partial charge in [0.2, 0.25) is 0 Å². The number of non-ortho nitro benzene ring substituents is 2. The largest absolute Gasteiger partial charge is 0.344 e. The molecule has 3 heterocycles. The highest BCUT2D eigenvalue weighted by atomic mass is 16.7. The van der Waals surface area contributed by atoms with Crippen molar-refractivity contribution in [2.24, 2.45) is 5.10 Å². The quantitative estimate of drug-likeness (QED) is 0.374. The Morgan fingerprint density at radius 2 is 1.63 bits per heavy atom. The minimum absolute atomic E-state index is 0.0518. The van der Waals surface area contributed by atoms with E-state index in [1.54, 1.807) is 24.3 Å². The predicted octanol–water partition coefficient (Wildman–Crippen LogP) is 1.40.